The van der Waals surface area contributed by atoms with Gasteiger partial charge in [-0.15, -0.1) is 0 Å². The number of rotatable bonds is 7. The molecule has 0 heterocycles. The first-order valence-electron chi connectivity index (χ1n) is 7.59. The van der Waals surface area contributed by atoms with Gasteiger partial charge in [0.05, 0.1) is 25.9 Å². The molecule has 0 unspecified atom stereocenters. The summed E-state index contributed by atoms with van der Waals surface area (Å²) in [6.45, 7) is 2.11. The average Bonchev–Trinajstić information content (AvgIpc) is 2.61. The summed E-state index contributed by atoms with van der Waals surface area (Å²) in [4.78, 5) is 11.7. The van der Waals surface area contributed by atoms with E-state index in [1.165, 1.54) is 6.92 Å². The van der Waals surface area contributed by atoms with Crippen LogP contribution in [-0.2, 0) is 6.42 Å². The summed E-state index contributed by atoms with van der Waals surface area (Å²) in [5.41, 5.74) is 2.77. The lowest BCUT2D eigenvalue weighted by molar-refractivity contribution is 0.101. The van der Waals surface area contributed by atoms with E-state index in [2.05, 4.69) is 11.4 Å². The van der Waals surface area contributed by atoms with Gasteiger partial charge in [-0.25, -0.2) is 0 Å². The first-order chi connectivity index (χ1) is 11.6. The van der Waals surface area contributed by atoms with E-state index < -0.39 is 0 Å². The largest absolute Gasteiger partial charge is 0.497 e. The molecule has 0 saturated heterocycles. The summed E-state index contributed by atoms with van der Waals surface area (Å²) in [5, 5.41) is 12.3. The molecule has 0 amide bonds. The van der Waals surface area contributed by atoms with Crippen LogP contribution in [0, 0.1) is 11.3 Å². The number of methoxy groups -OCH3 is 2. The highest BCUT2D eigenvalue weighted by molar-refractivity contribution is 5.99. The van der Waals surface area contributed by atoms with Crippen LogP contribution in [0.4, 0.5) is 5.69 Å². The number of carbonyl (C=O) groups is 1. The van der Waals surface area contributed by atoms with Crippen molar-refractivity contribution < 1.29 is 14.3 Å². The zero-order valence-corrected chi connectivity index (χ0v) is 14.1. The molecular formula is C19H20N2O3. The minimum atomic E-state index is -0.0408. The predicted molar refractivity (Wildman–Crippen MR) is 92.9 cm³/mol. The van der Waals surface area contributed by atoms with Crippen LogP contribution in [0.3, 0.4) is 0 Å². The Bertz CT molecular complexity index is 779. The number of nitriles is 1. The maximum absolute atomic E-state index is 11.7. The Hall–Kier alpha value is -3.00. The Morgan fingerprint density at radius 2 is 1.96 bits per heavy atom. The summed E-state index contributed by atoms with van der Waals surface area (Å²) in [5.74, 6) is 1.51. The van der Waals surface area contributed by atoms with Crippen LogP contribution < -0.4 is 14.8 Å². The van der Waals surface area contributed by atoms with E-state index in [-0.39, 0.29) is 5.78 Å². The number of hydrogen-bond donors (Lipinski definition) is 1. The number of benzene rings is 2. The molecule has 0 aliphatic carbocycles. The monoisotopic (exact) mass is 324 g/mol. The Balaban J connectivity index is 2.15. The molecule has 0 aliphatic rings. The van der Waals surface area contributed by atoms with Gasteiger partial charge in [0.2, 0.25) is 0 Å². The average molecular weight is 324 g/mol. The molecule has 2 aromatic carbocycles. The maximum Gasteiger partial charge on any atom is 0.161 e. The van der Waals surface area contributed by atoms with Gasteiger partial charge in [-0.1, -0.05) is 0 Å². The summed E-state index contributed by atoms with van der Waals surface area (Å²) >= 11 is 0. The molecule has 24 heavy (non-hydrogen) atoms. The molecule has 124 valence electrons. The van der Waals surface area contributed by atoms with Gasteiger partial charge in [-0.2, -0.15) is 5.26 Å². The van der Waals surface area contributed by atoms with Crippen molar-refractivity contribution >= 4 is 11.5 Å². The van der Waals surface area contributed by atoms with E-state index in [9.17, 15) is 4.79 Å². The SMILES string of the molecule is COc1ccc(OC)c(CCNc2cc(C#N)ccc2C(C)=O)c1. The molecule has 0 bridgehead atoms. The minimum absolute atomic E-state index is 0.0408. The lowest BCUT2D eigenvalue weighted by atomic mass is 10.1. The van der Waals surface area contributed by atoms with E-state index >= 15 is 0 Å². The number of ether oxygens (including phenoxy) is 2. The van der Waals surface area contributed by atoms with Gasteiger partial charge < -0.3 is 14.8 Å². The van der Waals surface area contributed by atoms with E-state index in [4.69, 9.17) is 14.7 Å². The Morgan fingerprint density at radius 1 is 1.17 bits per heavy atom. The molecule has 0 fully saturated rings. The molecule has 2 rings (SSSR count). The number of carbonyl (C=O) groups excluding carboxylic acids is 1. The first-order valence-corrected chi connectivity index (χ1v) is 7.59. The normalized spacial score (nSPS) is 9.92. The lowest BCUT2D eigenvalue weighted by Crippen LogP contribution is -2.09. The van der Waals surface area contributed by atoms with Crippen molar-refractivity contribution in [2.45, 2.75) is 13.3 Å². The molecular weight excluding hydrogens is 304 g/mol. The van der Waals surface area contributed by atoms with E-state index in [1.807, 2.05) is 18.2 Å². The molecule has 2 aromatic rings. The van der Waals surface area contributed by atoms with Gasteiger partial charge >= 0.3 is 0 Å². The third-order valence-electron chi connectivity index (χ3n) is 3.73. The Labute approximate surface area is 141 Å². The molecule has 0 aliphatic heterocycles. The van der Waals surface area contributed by atoms with E-state index in [0.717, 1.165) is 17.1 Å². The Kier molecular flexibility index (Phi) is 5.80. The van der Waals surface area contributed by atoms with Gasteiger partial charge in [0.25, 0.3) is 0 Å². The minimum Gasteiger partial charge on any atom is -0.497 e. The van der Waals surface area contributed by atoms with Crippen molar-refractivity contribution in [2.24, 2.45) is 0 Å². The van der Waals surface area contributed by atoms with Crippen LogP contribution in [0.1, 0.15) is 28.4 Å². The first kappa shape index (κ1) is 17.4. The molecule has 0 spiro atoms. The van der Waals surface area contributed by atoms with Gasteiger partial charge in [-0.05, 0) is 55.3 Å². The standard InChI is InChI=1S/C19H20N2O3/c1-13(22)17-6-4-14(12-20)10-18(17)21-9-8-15-11-16(23-2)5-7-19(15)24-3/h4-7,10-11,21H,8-9H2,1-3H3. The van der Waals surface area contributed by atoms with Gasteiger partial charge in [0.15, 0.2) is 5.78 Å². The van der Waals surface area contributed by atoms with Crippen molar-refractivity contribution in [2.75, 3.05) is 26.1 Å². The van der Waals surface area contributed by atoms with Crippen molar-refractivity contribution in [3.05, 3.63) is 53.1 Å². The topological polar surface area (TPSA) is 71.3 Å². The summed E-state index contributed by atoms with van der Waals surface area (Å²) in [7, 11) is 3.25. The number of Topliss-reactive ketones (excluding diaryl/α,β-unsaturated/α-hetero) is 1. The number of hydrogen-bond acceptors (Lipinski definition) is 5. The number of ketones is 1. The van der Waals surface area contributed by atoms with Crippen LogP contribution in [0.15, 0.2) is 36.4 Å². The van der Waals surface area contributed by atoms with Crippen molar-refractivity contribution in [1.82, 2.24) is 0 Å². The zero-order chi connectivity index (χ0) is 17.5. The second kappa shape index (κ2) is 8.02. The zero-order valence-electron chi connectivity index (χ0n) is 14.1. The van der Waals surface area contributed by atoms with Gasteiger partial charge in [0.1, 0.15) is 11.5 Å². The second-order valence-corrected chi connectivity index (χ2v) is 5.28. The maximum atomic E-state index is 11.7. The second-order valence-electron chi connectivity index (χ2n) is 5.28. The molecule has 0 radical (unpaired) electrons. The fourth-order valence-corrected chi connectivity index (χ4v) is 2.48. The van der Waals surface area contributed by atoms with Gasteiger partial charge in [-0.3, -0.25) is 4.79 Å². The molecule has 1 N–H and O–H groups in total. The molecule has 5 heteroatoms. The highest BCUT2D eigenvalue weighted by atomic mass is 16.5. The van der Waals surface area contributed by atoms with Crippen molar-refractivity contribution in [3.8, 4) is 17.6 Å². The number of nitrogens with zero attached hydrogens (tertiary/aromatic N) is 1. The third-order valence-corrected chi connectivity index (χ3v) is 3.73. The lowest BCUT2D eigenvalue weighted by Gasteiger charge is -2.13. The summed E-state index contributed by atoms with van der Waals surface area (Å²) < 4.78 is 10.6. The number of anilines is 1. The van der Waals surface area contributed by atoms with E-state index in [0.29, 0.717) is 29.8 Å². The van der Waals surface area contributed by atoms with Gasteiger partial charge in [0, 0.05) is 17.8 Å². The highest BCUT2D eigenvalue weighted by Gasteiger charge is 2.09. The number of nitrogens with one attached hydrogen (secondary N) is 1. The smallest absolute Gasteiger partial charge is 0.161 e. The van der Waals surface area contributed by atoms with Crippen LogP contribution >= 0.6 is 0 Å². The van der Waals surface area contributed by atoms with Crippen LogP contribution in [0.2, 0.25) is 0 Å². The summed E-state index contributed by atoms with van der Waals surface area (Å²) in [6, 6.07) is 12.7. The van der Waals surface area contributed by atoms with Crippen molar-refractivity contribution in [1.29, 1.82) is 5.26 Å². The van der Waals surface area contributed by atoms with Crippen LogP contribution in [-0.4, -0.2) is 26.5 Å². The Morgan fingerprint density at radius 3 is 2.58 bits per heavy atom. The fraction of sp³-hybridized carbons (Fsp3) is 0.263. The molecule has 0 atom stereocenters. The van der Waals surface area contributed by atoms with Crippen LogP contribution in [0.5, 0.6) is 11.5 Å². The molecule has 0 aromatic heterocycles. The third kappa shape index (κ3) is 4.05. The summed E-state index contributed by atoms with van der Waals surface area (Å²) in [6.07, 6.45) is 0.689. The quantitative estimate of drug-likeness (QED) is 0.790. The van der Waals surface area contributed by atoms with Crippen LogP contribution in [0.25, 0.3) is 0 Å². The predicted octanol–water partition coefficient (Wildman–Crippen LogP) is 3.43. The fourth-order valence-electron chi connectivity index (χ4n) is 2.48. The molecule has 0 saturated carbocycles. The highest BCUT2D eigenvalue weighted by Crippen LogP contribution is 2.25. The van der Waals surface area contributed by atoms with E-state index in [1.54, 1.807) is 32.4 Å². The van der Waals surface area contributed by atoms with Crippen molar-refractivity contribution in [3.63, 3.8) is 0 Å². The molecule has 5 nitrogen and oxygen atoms in total.